The fourth-order valence-electron chi connectivity index (χ4n) is 3.18. The van der Waals surface area contributed by atoms with Gasteiger partial charge in [0.1, 0.15) is 5.60 Å². The Bertz CT molecular complexity index is 417. The third kappa shape index (κ3) is 4.33. The second-order valence-electron chi connectivity index (χ2n) is 7.17. The Balaban J connectivity index is 1.95. The van der Waals surface area contributed by atoms with E-state index in [0.29, 0.717) is 26.1 Å². The third-order valence-corrected chi connectivity index (χ3v) is 3.94. The van der Waals surface area contributed by atoms with Crippen LogP contribution in [0.15, 0.2) is 0 Å². The number of amides is 1. The quantitative estimate of drug-likeness (QED) is 0.846. The van der Waals surface area contributed by atoms with E-state index >= 15 is 0 Å². The number of carbonyl (C=O) groups is 2. The molecule has 1 spiro atoms. The molecule has 2 atom stereocenters. The van der Waals surface area contributed by atoms with Gasteiger partial charge in [0, 0.05) is 6.54 Å². The van der Waals surface area contributed by atoms with Gasteiger partial charge in [0.15, 0.2) is 0 Å². The molecular formula is C15H25NO5. The molecule has 0 aromatic carbocycles. The highest BCUT2D eigenvalue weighted by atomic mass is 16.6. The lowest BCUT2D eigenvalue weighted by atomic mass is 9.86. The van der Waals surface area contributed by atoms with Crippen molar-refractivity contribution < 1.29 is 24.2 Å². The average Bonchev–Trinajstić information content (AvgIpc) is 2.69. The molecule has 21 heavy (non-hydrogen) atoms. The highest BCUT2D eigenvalue weighted by Gasteiger charge is 2.45. The molecule has 0 saturated carbocycles. The van der Waals surface area contributed by atoms with Crippen LogP contribution in [0.3, 0.4) is 0 Å². The molecule has 1 N–H and O–H groups in total. The molecule has 2 rings (SSSR count). The van der Waals surface area contributed by atoms with E-state index < -0.39 is 11.6 Å². The van der Waals surface area contributed by atoms with E-state index in [2.05, 4.69) is 0 Å². The van der Waals surface area contributed by atoms with Gasteiger partial charge in [-0.05, 0) is 46.0 Å². The lowest BCUT2D eigenvalue weighted by molar-refractivity contribution is -0.138. The topological polar surface area (TPSA) is 76.1 Å². The minimum absolute atomic E-state index is 0.0427. The number of piperidine rings is 1. The summed E-state index contributed by atoms with van der Waals surface area (Å²) in [6.07, 6.45) is 2.26. The Morgan fingerprint density at radius 3 is 2.76 bits per heavy atom. The molecule has 2 aliphatic heterocycles. The van der Waals surface area contributed by atoms with Crippen LogP contribution < -0.4 is 0 Å². The first-order chi connectivity index (χ1) is 9.69. The van der Waals surface area contributed by atoms with Gasteiger partial charge in [0.05, 0.1) is 25.2 Å². The Kier molecular flexibility index (Phi) is 4.46. The molecule has 0 aliphatic carbocycles. The van der Waals surface area contributed by atoms with E-state index in [-0.39, 0.29) is 24.0 Å². The number of hydrogen-bond acceptors (Lipinski definition) is 4. The number of likely N-dealkylation sites (tertiary alicyclic amines) is 1. The number of rotatable bonds is 2. The highest BCUT2D eigenvalue weighted by Crippen LogP contribution is 2.38. The Hall–Kier alpha value is -1.30. The Labute approximate surface area is 125 Å². The smallest absolute Gasteiger partial charge is 0.410 e. The van der Waals surface area contributed by atoms with Crippen LogP contribution in [-0.4, -0.2) is 53.0 Å². The molecule has 0 bridgehead atoms. The molecule has 0 aromatic heterocycles. The lowest BCUT2D eigenvalue weighted by Crippen LogP contribution is -2.51. The Morgan fingerprint density at radius 1 is 1.43 bits per heavy atom. The van der Waals surface area contributed by atoms with Gasteiger partial charge in [-0.1, -0.05) is 0 Å². The summed E-state index contributed by atoms with van der Waals surface area (Å²) in [4.78, 5) is 24.7. The summed E-state index contributed by atoms with van der Waals surface area (Å²) >= 11 is 0. The second kappa shape index (κ2) is 5.83. The summed E-state index contributed by atoms with van der Waals surface area (Å²) in [6, 6.07) is 0. The molecule has 0 radical (unpaired) electrons. The fraction of sp³-hybridized carbons (Fsp3) is 0.867. The van der Waals surface area contributed by atoms with Crippen LogP contribution in [0.1, 0.15) is 46.5 Å². The summed E-state index contributed by atoms with van der Waals surface area (Å²) in [5.41, 5.74) is -0.890. The largest absolute Gasteiger partial charge is 0.481 e. The molecule has 6 nitrogen and oxygen atoms in total. The van der Waals surface area contributed by atoms with Crippen molar-refractivity contribution in [2.75, 3.05) is 19.7 Å². The molecule has 0 unspecified atom stereocenters. The second-order valence-corrected chi connectivity index (χ2v) is 7.17. The number of nitrogens with zero attached hydrogens (tertiary/aromatic N) is 1. The molecule has 6 heteroatoms. The molecule has 120 valence electrons. The highest BCUT2D eigenvalue weighted by molar-refractivity contribution is 5.68. The van der Waals surface area contributed by atoms with Crippen LogP contribution >= 0.6 is 0 Å². The minimum atomic E-state index is -0.791. The summed E-state index contributed by atoms with van der Waals surface area (Å²) in [5, 5.41) is 8.89. The standard InChI is InChI=1S/C15H25NO5/c1-14(2,3)21-13(19)16-6-4-5-15(10-16)8-11(9-20-15)7-12(17)18/h11H,4-10H2,1-3H3,(H,17,18)/t11-,15-/m1/s1. The lowest BCUT2D eigenvalue weighted by Gasteiger charge is -2.40. The first kappa shape index (κ1) is 16.1. The summed E-state index contributed by atoms with van der Waals surface area (Å²) in [5.74, 6) is -0.749. The van der Waals surface area contributed by atoms with E-state index in [4.69, 9.17) is 14.6 Å². The van der Waals surface area contributed by atoms with Crippen LogP contribution in [0.2, 0.25) is 0 Å². The van der Waals surface area contributed by atoms with Crippen molar-refractivity contribution >= 4 is 12.1 Å². The summed E-state index contributed by atoms with van der Waals surface area (Å²) < 4.78 is 11.3. The molecule has 2 aliphatic rings. The predicted octanol–water partition coefficient (Wildman–Crippen LogP) is 2.27. The van der Waals surface area contributed by atoms with Crippen molar-refractivity contribution in [1.82, 2.24) is 4.90 Å². The van der Waals surface area contributed by atoms with Crippen molar-refractivity contribution in [1.29, 1.82) is 0 Å². The number of carboxylic acid groups (broad SMARTS) is 1. The maximum atomic E-state index is 12.2. The number of carbonyl (C=O) groups excluding carboxylic acids is 1. The van der Waals surface area contributed by atoms with Gasteiger partial charge >= 0.3 is 12.1 Å². The van der Waals surface area contributed by atoms with E-state index in [1.807, 2.05) is 20.8 Å². The zero-order chi connectivity index (χ0) is 15.7. The molecule has 2 heterocycles. The van der Waals surface area contributed by atoms with Gasteiger partial charge in [-0.25, -0.2) is 4.79 Å². The molecule has 2 fully saturated rings. The van der Waals surface area contributed by atoms with E-state index in [0.717, 1.165) is 12.8 Å². The summed E-state index contributed by atoms with van der Waals surface area (Å²) in [7, 11) is 0. The van der Waals surface area contributed by atoms with Gasteiger partial charge in [-0.15, -0.1) is 0 Å². The zero-order valence-electron chi connectivity index (χ0n) is 13.1. The van der Waals surface area contributed by atoms with Gasteiger partial charge in [0.25, 0.3) is 0 Å². The van der Waals surface area contributed by atoms with Gasteiger partial charge in [-0.3, -0.25) is 4.79 Å². The van der Waals surface area contributed by atoms with Crippen LogP contribution in [0, 0.1) is 5.92 Å². The third-order valence-electron chi connectivity index (χ3n) is 3.94. The average molecular weight is 299 g/mol. The molecule has 0 aromatic rings. The number of ether oxygens (including phenoxy) is 2. The van der Waals surface area contributed by atoms with Gasteiger partial charge in [-0.2, -0.15) is 0 Å². The molecular weight excluding hydrogens is 274 g/mol. The normalized spacial score (nSPS) is 29.7. The van der Waals surface area contributed by atoms with E-state index in [9.17, 15) is 9.59 Å². The van der Waals surface area contributed by atoms with E-state index in [1.54, 1.807) is 4.90 Å². The van der Waals surface area contributed by atoms with E-state index in [1.165, 1.54) is 0 Å². The number of carboxylic acids is 1. The summed E-state index contributed by atoms with van der Waals surface area (Å²) in [6.45, 7) is 7.18. The van der Waals surface area contributed by atoms with Crippen molar-refractivity contribution in [3.05, 3.63) is 0 Å². The number of hydrogen-bond donors (Lipinski definition) is 1. The first-order valence-corrected chi connectivity index (χ1v) is 7.53. The maximum Gasteiger partial charge on any atom is 0.410 e. The van der Waals surface area contributed by atoms with Gasteiger partial charge in [0.2, 0.25) is 0 Å². The molecule has 1 amide bonds. The monoisotopic (exact) mass is 299 g/mol. The Morgan fingerprint density at radius 2 is 2.14 bits per heavy atom. The van der Waals surface area contributed by atoms with Crippen molar-refractivity contribution in [2.45, 2.75) is 57.7 Å². The maximum absolute atomic E-state index is 12.2. The van der Waals surface area contributed by atoms with Crippen LogP contribution in [0.25, 0.3) is 0 Å². The first-order valence-electron chi connectivity index (χ1n) is 7.53. The number of aliphatic carboxylic acids is 1. The van der Waals surface area contributed by atoms with Crippen LogP contribution in [0.4, 0.5) is 4.79 Å². The van der Waals surface area contributed by atoms with Crippen molar-refractivity contribution in [2.24, 2.45) is 5.92 Å². The SMILES string of the molecule is CC(C)(C)OC(=O)N1CCC[C@@]2(C[C@@H](CC(=O)O)CO2)C1. The molecule has 2 saturated heterocycles. The minimum Gasteiger partial charge on any atom is -0.481 e. The van der Waals surface area contributed by atoms with Crippen LogP contribution in [-0.2, 0) is 14.3 Å². The predicted molar refractivity (Wildman–Crippen MR) is 76.1 cm³/mol. The van der Waals surface area contributed by atoms with Gasteiger partial charge < -0.3 is 19.5 Å². The fourth-order valence-corrected chi connectivity index (χ4v) is 3.18. The van der Waals surface area contributed by atoms with Crippen LogP contribution in [0.5, 0.6) is 0 Å². The van der Waals surface area contributed by atoms with Crippen molar-refractivity contribution in [3.8, 4) is 0 Å². The zero-order valence-corrected chi connectivity index (χ0v) is 13.1. The van der Waals surface area contributed by atoms with Crippen molar-refractivity contribution in [3.63, 3.8) is 0 Å².